The van der Waals surface area contributed by atoms with Gasteiger partial charge in [0.2, 0.25) is 11.9 Å². The molecule has 4 heterocycles. The van der Waals surface area contributed by atoms with Crippen LogP contribution in [0.5, 0.6) is 11.5 Å². The molecule has 2 aromatic carbocycles. The highest BCUT2D eigenvalue weighted by Crippen LogP contribution is 2.37. The Morgan fingerprint density at radius 2 is 1.08 bits per heavy atom. The second kappa shape index (κ2) is 19.6. The monoisotopic (exact) mass is 914 g/mol. The molecule has 16 nitrogen and oxygen atoms in total. The molecule has 2 amide bonds. The van der Waals surface area contributed by atoms with Crippen molar-refractivity contribution in [3.05, 3.63) is 68.9 Å². The average molecular weight is 916 g/mol. The summed E-state index contributed by atoms with van der Waals surface area (Å²) in [4.78, 5) is 44.3. The van der Waals surface area contributed by atoms with E-state index in [4.69, 9.17) is 18.9 Å². The molecule has 0 radical (unpaired) electrons. The van der Waals surface area contributed by atoms with Crippen LogP contribution in [0, 0.1) is 6.92 Å². The summed E-state index contributed by atoms with van der Waals surface area (Å²) >= 11 is 3.38. The topological polar surface area (TPSA) is 177 Å². The number of carbonyl (C=O) groups is 2. The number of carbonyl (C=O) groups excluding carboxylic acids is 2. The number of nitrogens with one attached hydrogen (secondary N) is 4. The number of halogens is 7. The molecule has 6 rings (SSSR count). The number of hydrogen-bond acceptors (Lipinski definition) is 14. The van der Waals surface area contributed by atoms with Gasteiger partial charge in [-0.2, -0.15) is 36.3 Å². The molecule has 2 fully saturated rings. The smallest absolute Gasteiger partial charge is 0.421 e. The van der Waals surface area contributed by atoms with E-state index in [0.717, 1.165) is 0 Å². The van der Waals surface area contributed by atoms with Crippen molar-refractivity contribution in [2.75, 3.05) is 102 Å². The standard InChI is InChI=1S/C19H22F3N5O3.C18H19BrF3N5O3/c1-11-8-12(17(28)27-4-6-30-7-5-27)15(29-3)9-14(11)25-18-24-10-13(19(20,21)22)16(23-2)26-18;1-23-15-11(18(20,21)22)9-24-17(26-15)25-13-8-14(29-2)10(7-12(13)19)16(28)27-3-5-30-6-4-27/h8-10H,4-7H2,1-3H3,(H2,23,24,25,26);7-9H,3-6H2,1-2H3,(H2,23,24,25,26). The van der Waals surface area contributed by atoms with Gasteiger partial charge in [-0.3, -0.25) is 9.59 Å². The third-order valence-corrected chi connectivity index (χ3v) is 9.70. The van der Waals surface area contributed by atoms with Crippen LogP contribution in [0.15, 0.2) is 41.1 Å². The minimum atomic E-state index is -4.58. The van der Waals surface area contributed by atoms with Gasteiger partial charge in [-0.1, -0.05) is 0 Å². The first kappa shape index (κ1) is 45.4. The number of morpholine rings is 2. The number of alkyl halides is 6. The van der Waals surface area contributed by atoms with Crippen LogP contribution in [0.25, 0.3) is 0 Å². The molecule has 0 atom stereocenters. The fourth-order valence-corrected chi connectivity index (χ4v) is 6.38. The van der Waals surface area contributed by atoms with E-state index in [1.54, 1.807) is 41.0 Å². The van der Waals surface area contributed by atoms with Crippen molar-refractivity contribution in [2.24, 2.45) is 0 Å². The summed E-state index contributed by atoms with van der Waals surface area (Å²) in [5, 5.41) is 10.6. The van der Waals surface area contributed by atoms with E-state index in [1.165, 1.54) is 28.3 Å². The zero-order valence-corrected chi connectivity index (χ0v) is 34.5. The summed E-state index contributed by atoms with van der Waals surface area (Å²) in [6.07, 6.45) is -7.74. The number of benzene rings is 2. The fraction of sp³-hybridized carbons (Fsp3) is 0.405. The molecule has 23 heteroatoms. The lowest BCUT2D eigenvalue weighted by Gasteiger charge is -2.27. The molecule has 324 valence electrons. The van der Waals surface area contributed by atoms with Crippen molar-refractivity contribution in [3.8, 4) is 11.5 Å². The highest BCUT2D eigenvalue weighted by molar-refractivity contribution is 9.10. The third-order valence-electron chi connectivity index (χ3n) is 9.05. The maximum absolute atomic E-state index is 13.0. The first-order valence-corrected chi connectivity index (χ1v) is 18.9. The maximum Gasteiger partial charge on any atom is 0.421 e. The number of methoxy groups -OCH3 is 2. The minimum Gasteiger partial charge on any atom is -0.496 e. The Bertz CT molecular complexity index is 2020. The highest BCUT2D eigenvalue weighted by atomic mass is 79.9. The van der Waals surface area contributed by atoms with Crippen LogP contribution >= 0.6 is 15.9 Å². The number of aromatic nitrogens is 4. The first-order valence-electron chi connectivity index (χ1n) is 18.1. The fourth-order valence-electron chi connectivity index (χ4n) is 5.94. The van der Waals surface area contributed by atoms with Crippen LogP contribution in [0.1, 0.15) is 37.4 Å². The molecule has 0 bridgehead atoms. The molecule has 2 aliphatic heterocycles. The van der Waals surface area contributed by atoms with E-state index in [-0.39, 0.29) is 35.3 Å². The van der Waals surface area contributed by atoms with Crippen LogP contribution < -0.4 is 30.7 Å². The molecule has 0 saturated carbocycles. The lowest BCUT2D eigenvalue weighted by Crippen LogP contribution is -2.40. The van der Waals surface area contributed by atoms with Gasteiger partial charge in [0.05, 0.1) is 57.5 Å². The summed E-state index contributed by atoms with van der Waals surface area (Å²) in [6.45, 7) is 5.60. The lowest BCUT2D eigenvalue weighted by molar-refractivity contribution is -0.138. The number of anilines is 6. The Hall–Kier alpha value is -5.68. The number of nitrogens with zero attached hydrogens (tertiary/aromatic N) is 6. The number of hydrogen-bond donors (Lipinski definition) is 4. The van der Waals surface area contributed by atoms with Gasteiger partial charge in [0.1, 0.15) is 34.3 Å². The quantitative estimate of drug-likeness (QED) is 0.125. The number of ether oxygens (including phenoxy) is 4. The maximum atomic E-state index is 13.0. The summed E-state index contributed by atoms with van der Waals surface area (Å²) in [7, 11) is 5.56. The summed E-state index contributed by atoms with van der Waals surface area (Å²) in [6, 6.07) is 6.41. The molecule has 4 aromatic rings. The van der Waals surface area contributed by atoms with Gasteiger partial charge in [-0.05, 0) is 40.5 Å². The van der Waals surface area contributed by atoms with E-state index in [9.17, 15) is 35.9 Å². The van der Waals surface area contributed by atoms with Gasteiger partial charge in [-0.15, -0.1) is 0 Å². The van der Waals surface area contributed by atoms with E-state index < -0.39 is 23.5 Å². The van der Waals surface area contributed by atoms with E-state index in [0.29, 0.717) is 109 Å². The second-order valence-electron chi connectivity index (χ2n) is 12.9. The summed E-state index contributed by atoms with van der Waals surface area (Å²) in [5.74, 6) is -0.518. The molecule has 0 spiro atoms. The van der Waals surface area contributed by atoms with Crippen molar-refractivity contribution in [1.82, 2.24) is 29.7 Å². The Kier molecular flexibility index (Phi) is 14.8. The molecule has 2 aromatic heterocycles. The molecule has 60 heavy (non-hydrogen) atoms. The molecular formula is C37H41BrF6N10O6. The molecule has 4 N–H and O–H groups in total. The average Bonchev–Trinajstić information content (AvgIpc) is 3.24. The number of amides is 2. The molecule has 2 saturated heterocycles. The van der Waals surface area contributed by atoms with E-state index in [2.05, 4.69) is 57.1 Å². The van der Waals surface area contributed by atoms with E-state index in [1.807, 2.05) is 0 Å². The predicted octanol–water partition coefficient (Wildman–Crippen LogP) is 6.59. The van der Waals surface area contributed by atoms with Crippen molar-refractivity contribution >= 4 is 62.7 Å². The van der Waals surface area contributed by atoms with Gasteiger partial charge in [0.15, 0.2) is 0 Å². The number of rotatable bonds is 10. The van der Waals surface area contributed by atoms with Crippen LogP contribution in [0.4, 0.5) is 61.2 Å². The Morgan fingerprint density at radius 1 is 0.683 bits per heavy atom. The predicted molar refractivity (Wildman–Crippen MR) is 212 cm³/mol. The molecular weight excluding hydrogens is 874 g/mol. The van der Waals surface area contributed by atoms with Crippen LogP contribution in [0.2, 0.25) is 0 Å². The zero-order valence-electron chi connectivity index (χ0n) is 32.9. The van der Waals surface area contributed by atoms with Crippen molar-refractivity contribution < 1.29 is 54.9 Å². The van der Waals surface area contributed by atoms with Crippen LogP contribution in [0.3, 0.4) is 0 Å². The highest BCUT2D eigenvalue weighted by Gasteiger charge is 2.36. The van der Waals surface area contributed by atoms with Crippen LogP contribution in [-0.4, -0.2) is 122 Å². The minimum absolute atomic E-state index is 0.0234. The number of aryl methyl sites for hydroxylation is 1. The van der Waals surface area contributed by atoms with Gasteiger partial charge >= 0.3 is 12.4 Å². The Labute approximate surface area is 348 Å². The third kappa shape index (κ3) is 10.9. The van der Waals surface area contributed by atoms with Gasteiger partial charge in [0, 0.05) is 75.0 Å². The van der Waals surface area contributed by atoms with Gasteiger partial charge in [-0.25, -0.2) is 9.97 Å². The van der Waals surface area contributed by atoms with Crippen molar-refractivity contribution in [3.63, 3.8) is 0 Å². The molecule has 0 aliphatic carbocycles. The second-order valence-corrected chi connectivity index (χ2v) is 13.7. The normalized spacial score (nSPS) is 14.4. The van der Waals surface area contributed by atoms with Crippen molar-refractivity contribution in [1.29, 1.82) is 0 Å². The SMILES string of the molecule is CNc1nc(Nc2cc(OC)c(C(=O)N3CCOCC3)cc2Br)ncc1C(F)(F)F.CNc1nc(Nc2cc(OC)c(C(=O)N3CCOCC3)cc2C)ncc1C(F)(F)F. The zero-order chi connectivity index (χ0) is 43.8. The van der Waals surface area contributed by atoms with Gasteiger partial charge in [0.25, 0.3) is 11.8 Å². The molecule has 2 aliphatic rings. The lowest BCUT2D eigenvalue weighted by atomic mass is 10.1. The summed E-state index contributed by atoms with van der Waals surface area (Å²) in [5.41, 5.74) is 0.420. The Morgan fingerprint density at radius 3 is 1.48 bits per heavy atom. The van der Waals surface area contributed by atoms with Crippen molar-refractivity contribution in [2.45, 2.75) is 19.3 Å². The van der Waals surface area contributed by atoms with Crippen LogP contribution in [-0.2, 0) is 21.8 Å². The van der Waals surface area contributed by atoms with E-state index >= 15 is 0 Å². The first-order chi connectivity index (χ1) is 28.5. The molecule has 0 unspecified atom stereocenters. The van der Waals surface area contributed by atoms with Gasteiger partial charge < -0.3 is 50.0 Å². The summed E-state index contributed by atoms with van der Waals surface area (Å²) < 4.78 is 99.9. The Balaban J connectivity index is 0.000000228. The largest absolute Gasteiger partial charge is 0.496 e.